The van der Waals surface area contributed by atoms with Crippen LogP contribution in [0.1, 0.15) is 11.1 Å². The average Bonchev–Trinajstić information content (AvgIpc) is 2.18. The fourth-order valence-electron chi connectivity index (χ4n) is 1.13. The molecule has 1 N–H and O–H groups in total. The number of hydrogen-bond acceptors (Lipinski definition) is 1. The highest BCUT2D eigenvalue weighted by Gasteiger charge is 2.34. The molecule has 0 bridgehead atoms. The number of alkyl halides is 3. The molecular formula is C10H5ClF4O2. The van der Waals surface area contributed by atoms with Crippen LogP contribution < -0.4 is 0 Å². The Balaban J connectivity index is 3.42. The summed E-state index contributed by atoms with van der Waals surface area (Å²) in [4.78, 5) is 10.2. The molecular weight excluding hydrogens is 264 g/mol. The van der Waals surface area contributed by atoms with Crippen molar-refractivity contribution >= 4 is 23.6 Å². The number of carboxylic acid groups (broad SMARTS) is 1. The first-order chi connectivity index (χ1) is 7.73. The third kappa shape index (κ3) is 3.20. The summed E-state index contributed by atoms with van der Waals surface area (Å²) in [6.07, 6.45) is -3.86. The van der Waals surface area contributed by atoms with Gasteiger partial charge in [-0.2, -0.15) is 13.2 Å². The van der Waals surface area contributed by atoms with Crippen LogP contribution >= 0.6 is 11.6 Å². The van der Waals surface area contributed by atoms with Crippen molar-refractivity contribution in [3.05, 3.63) is 40.2 Å². The summed E-state index contributed by atoms with van der Waals surface area (Å²) < 4.78 is 50.8. The van der Waals surface area contributed by atoms with Gasteiger partial charge in [-0.25, -0.2) is 9.18 Å². The van der Waals surface area contributed by atoms with Crippen molar-refractivity contribution in [1.29, 1.82) is 0 Å². The Morgan fingerprint density at radius 2 is 1.94 bits per heavy atom. The van der Waals surface area contributed by atoms with E-state index >= 15 is 0 Å². The molecule has 92 valence electrons. The van der Waals surface area contributed by atoms with Gasteiger partial charge in [-0.3, -0.25) is 0 Å². The molecule has 0 aliphatic rings. The van der Waals surface area contributed by atoms with Crippen LogP contribution in [-0.4, -0.2) is 11.1 Å². The van der Waals surface area contributed by atoms with Crippen LogP contribution in [0.2, 0.25) is 5.02 Å². The molecule has 1 aromatic carbocycles. The number of rotatable bonds is 2. The van der Waals surface area contributed by atoms with Gasteiger partial charge in [0.1, 0.15) is 5.82 Å². The molecule has 0 aromatic heterocycles. The highest BCUT2D eigenvalue weighted by Crippen LogP contribution is 2.35. The number of halogens is 5. The fraction of sp³-hybridized carbons (Fsp3) is 0.100. The molecule has 7 heteroatoms. The summed E-state index contributed by atoms with van der Waals surface area (Å²) >= 11 is 5.33. The van der Waals surface area contributed by atoms with E-state index in [4.69, 9.17) is 16.7 Å². The van der Waals surface area contributed by atoms with E-state index in [0.717, 1.165) is 6.07 Å². The molecule has 0 fully saturated rings. The quantitative estimate of drug-likeness (QED) is 0.657. The zero-order valence-electron chi connectivity index (χ0n) is 8.05. The van der Waals surface area contributed by atoms with E-state index in [9.17, 15) is 22.4 Å². The Hall–Kier alpha value is -1.56. The predicted octanol–water partition coefficient (Wildman–Crippen LogP) is 3.60. The van der Waals surface area contributed by atoms with Crippen LogP contribution in [0.15, 0.2) is 18.2 Å². The molecule has 0 aliphatic carbocycles. The molecule has 0 saturated heterocycles. The largest absolute Gasteiger partial charge is 0.478 e. The first-order valence-electron chi connectivity index (χ1n) is 4.19. The Labute approximate surface area is 98.1 Å². The van der Waals surface area contributed by atoms with E-state index in [1.807, 2.05) is 0 Å². The van der Waals surface area contributed by atoms with Crippen LogP contribution in [-0.2, 0) is 11.0 Å². The molecule has 0 heterocycles. The Morgan fingerprint density at radius 1 is 1.35 bits per heavy atom. The SMILES string of the molecule is O=C(O)C=Cc1c(C(F)(F)F)ccc(Cl)c1F. The molecule has 0 unspecified atom stereocenters. The lowest BCUT2D eigenvalue weighted by atomic mass is 10.1. The van der Waals surface area contributed by atoms with Crippen molar-refractivity contribution in [3.8, 4) is 0 Å². The van der Waals surface area contributed by atoms with E-state index < -0.39 is 34.1 Å². The standard InChI is InChI=1S/C10H5ClF4O2/c11-7-3-2-6(10(13,14)15)5(9(7)12)1-4-8(16)17/h1-4H,(H,16,17). The van der Waals surface area contributed by atoms with Gasteiger partial charge in [0.2, 0.25) is 0 Å². The van der Waals surface area contributed by atoms with Crippen molar-refractivity contribution < 1.29 is 27.5 Å². The van der Waals surface area contributed by atoms with Gasteiger partial charge in [0, 0.05) is 11.6 Å². The fourth-order valence-corrected chi connectivity index (χ4v) is 1.30. The smallest absolute Gasteiger partial charge is 0.417 e. The minimum absolute atomic E-state index is 0.407. The van der Waals surface area contributed by atoms with E-state index in [1.54, 1.807) is 0 Å². The monoisotopic (exact) mass is 268 g/mol. The van der Waals surface area contributed by atoms with Gasteiger partial charge in [-0.05, 0) is 18.2 Å². The molecule has 1 aromatic rings. The van der Waals surface area contributed by atoms with E-state index in [1.165, 1.54) is 0 Å². The second kappa shape index (κ2) is 4.75. The lowest BCUT2D eigenvalue weighted by Crippen LogP contribution is -2.09. The normalized spacial score (nSPS) is 12.1. The van der Waals surface area contributed by atoms with E-state index in [0.29, 0.717) is 18.2 Å². The van der Waals surface area contributed by atoms with Crippen molar-refractivity contribution in [2.45, 2.75) is 6.18 Å². The molecule has 0 amide bonds. The van der Waals surface area contributed by atoms with Crippen LogP contribution in [0, 0.1) is 5.82 Å². The molecule has 0 radical (unpaired) electrons. The van der Waals surface area contributed by atoms with Crippen molar-refractivity contribution in [1.82, 2.24) is 0 Å². The van der Waals surface area contributed by atoms with Gasteiger partial charge in [0.25, 0.3) is 0 Å². The second-order valence-corrected chi connectivity index (χ2v) is 3.40. The van der Waals surface area contributed by atoms with Crippen LogP contribution in [0.25, 0.3) is 6.08 Å². The number of hydrogen-bond donors (Lipinski definition) is 1. The lowest BCUT2D eigenvalue weighted by molar-refractivity contribution is -0.138. The lowest BCUT2D eigenvalue weighted by Gasteiger charge is -2.11. The van der Waals surface area contributed by atoms with Crippen molar-refractivity contribution in [2.24, 2.45) is 0 Å². The highest BCUT2D eigenvalue weighted by atomic mass is 35.5. The summed E-state index contributed by atoms with van der Waals surface area (Å²) in [6.45, 7) is 0. The molecule has 0 aliphatic heterocycles. The van der Waals surface area contributed by atoms with Gasteiger partial charge in [-0.15, -0.1) is 0 Å². The van der Waals surface area contributed by atoms with Crippen LogP contribution in [0.3, 0.4) is 0 Å². The first-order valence-corrected chi connectivity index (χ1v) is 4.57. The number of carbonyl (C=O) groups is 1. The van der Waals surface area contributed by atoms with Gasteiger partial charge in [-0.1, -0.05) is 11.6 Å². The molecule has 17 heavy (non-hydrogen) atoms. The minimum Gasteiger partial charge on any atom is -0.478 e. The van der Waals surface area contributed by atoms with Crippen molar-refractivity contribution in [3.63, 3.8) is 0 Å². The number of carboxylic acids is 1. The Morgan fingerprint density at radius 3 is 2.41 bits per heavy atom. The third-order valence-electron chi connectivity index (χ3n) is 1.83. The molecule has 2 nitrogen and oxygen atoms in total. The highest BCUT2D eigenvalue weighted by molar-refractivity contribution is 6.30. The molecule has 0 atom stereocenters. The topological polar surface area (TPSA) is 37.3 Å². The summed E-state index contributed by atoms with van der Waals surface area (Å²) in [5, 5.41) is 7.79. The first kappa shape index (κ1) is 13.5. The Kier molecular flexibility index (Phi) is 3.77. The maximum Gasteiger partial charge on any atom is 0.417 e. The van der Waals surface area contributed by atoms with Crippen molar-refractivity contribution in [2.75, 3.05) is 0 Å². The second-order valence-electron chi connectivity index (χ2n) is 2.99. The van der Waals surface area contributed by atoms with Crippen LogP contribution in [0.4, 0.5) is 17.6 Å². The van der Waals surface area contributed by atoms with Gasteiger partial charge >= 0.3 is 12.1 Å². The van der Waals surface area contributed by atoms with E-state index in [2.05, 4.69) is 0 Å². The summed E-state index contributed by atoms with van der Waals surface area (Å²) in [5.74, 6) is -2.79. The minimum atomic E-state index is -4.79. The van der Waals surface area contributed by atoms with Gasteiger partial charge in [0.15, 0.2) is 0 Å². The zero-order chi connectivity index (χ0) is 13.2. The molecule has 1 rings (SSSR count). The van der Waals surface area contributed by atoms with Gasteiger partial charge in [0.05, 0.1) is 10.6 Å². The summed E-state index contributed by atoms with van der Waals surface area (Å²) in [5.41, 5.74) is -2.18. The van der Waals surface area contributed by atoms with E-state index in [-0.39, 0.29) is 0 Å². The van der Waals surface area contributed by atoms with Gasteiger partial charge < -0.3 is 5.11 Å². The maximum atomic E-state index is 13.4. The average molecular weight is 269 g/mol. The summed E-state index contributed by atoms with van der Waals surface area (Å²) in [6, 6.07) is 1.35. The zero-order valence-corrected chi connectivity index (χ0v) is 8.81. The predicted molar refractivity (Wildman–Crippen MR) is 53.1 cm³/mol. The maximum absolute atomic E-state index is 13.4. The number of aliphatic carboxylic acids is 1. The van der Waals surface area contributed by atoms with Crippen LogP contribution in [0.5, 0.6) is 0 Å². The molecule has 0 saturated carbocycles. The summed E-state index contributed by atoms with van der Waals surface area (Å²) in [7, 11) is 0. The number of benzene rings is 1. The molecule has 0 spiro atoms. The third-order valence-corrected chi connectivity index (χ3v) is 2.12. The Bertz CT molecular complexity index is 480.